The van der Waals surface area contributed by atoms with Crippen molar-refractivity contribution in [1.29, 1.82) is 0 Å². The van der Waals surface area contributed by atoms with Crippen LogP contribution in [-0.4, -0.2) is 43.9 Å². The Morgan fingerprint density at radius 3 is 2.23 bits per heavy atom. The van der Waals surface area contributed by atoms with Crippen LogP contribution in [0.5, 0.6) is 0 Å². The molecule has 0 aromatic heterocycles. The standard InChI is InChI=1S/C17H27N3O2/c1-5-6-12-20(14(2)21)13-11-17(22)18-15-7-9-16(10-8-15)19(3)4/h7-10H,5-6,11-13H2,1-4H3,(H,18,22). The molecule has 1 aromatic rings. The monoisotopic (exact) mass is 305 g/mol. The van der Waals surface area contributed by atoms with Crippen molar-refractivity contribution in [2.45, 2.75) is 33.1 Å². The predicted molar refractivity (Wildman–Crippen MR) is 91.2 cm³/mol. The molecule has 1 aromatic carbocycles. The van der Waals surface area contributed by atoms with Gasteiger partial charge in [-0.15, -0.1) is 0 Å². The highest BCUT2D eigenvalue weighted by Crippen LogP contribution is 2.15. The minimum atomic E-state index is -0.0691. The first-order valence-corrected chi connectivity index (χ1v) is 7.76. The van der Waals surface area contributed by atoms with Crippen LogP contribution >= 0.6 is 0 Å². The zero-order valence-corrected chi connectivity index (χ0v) is 14.1. The number of nitrogens with zero attached hydrogens (tertiary/aromatic N) is 2. The van der Waals surface area contributed by atoms with Gasteiger partial charge in [0.1, 0.15) is 0 Å². The van der Waals surface area contributed by atoms with Gasteiger partial charge in [0.25, 0.3) is 0 Å². The summed E-state index contributed by atoms with van der Waals surface area (Å²) in [5.41, 5.74) is 1.86. The Kier molecular flexibility index (Phi) is 7.43. The molecule has 0 bridgehead atoms. The molecule has 0 spiro atoms. The van der Waals surface area contributed by atoms with Crippen molar-refractivity contribution in [3.05, 3.63) is 24.3 Å². The lowest BCUT2D eigenvalue weighted by Crippen LogP contribution is -2.32. The molecule has 0 fully saturated rings. The Morgan fingerprint density at radius 1 is 1.09 bits per heavy atom. The van der Waals surface area contributed by atoms with E-state index in [2.05, 4.69) is 12.2 Å². The topological polar surface area (TPSA) is 52.7 Å². The van der Waals surface area contributed by atoms with Crippen LogP contribution in [0.1, 0.15) is 33.1 Å². The van der Waals surface area contributed by atoms with Gasteiger partial charge in [0.05, 0.1) is 0 Å². The maximum absolute atomic E-state index is 12.0. The quantitative estimate of drug-likeness (QED) is 0.803. The molecular formula is C17H27N3O2. The van der Waals surface area contributed by atoms with Crippen molar-refractivity contribution in [2.75, 3.05) is 37.4 Å². The predicted octanol–water partition coefficient (Wildman–Crippen LogP) is 2.73. The first-order chi connectivity index (χ1) is 10.4. The van der Waals surface area contributed by atoms with Crippen LogP contribution in [0.25, 0.3) is 0 Å². The number of rotatable bonds is 8. The van der Waals surface area contributed by atoms with Gasteiger partial charge in [-0.2, -0.15) is 0 Å². The molecule has 0 aliphatic rings. The third kappa shape index (κ3) is 6.16. The van der Waals surface area contributed by atoms with Crippen LogP contribution < -0.4 is 10.2 Å². The Bertz CT molecular complexity index is 483. The van der Waals surface area contributed by atoms with Crippen molar-refractivity contribution in [1.82, 2.24) is 4.90 Å². The summed E-state index contributed by atoms with van der Waals surface area (Å²) in [6, 6.07) is 7.68. The highest BCUT2D eigenvalue weighted by atomic mass is 16.2. The van der Waals surface area contributed by atoms with Crippen LogP contribution in [0.3, 0.4) is 0 Å². The van der Waals surface area contributed by atoms with E-state index < -0.39 is 0 Å². The van der Waals surface area contributed by atoms with Crippen LogP contribution in [0, 0.1) is 0 Å². The number of nitrogens with one attached hydrogen (secondary N) is 1. The van der Waals surface area contributed by atoms with Crippen LogP contribution in [0.15, 0.2) is 24.3 Å². The molecule has 0 saturated carbocycles. The zero-order valence-electron chi connectivity index (χ0n) is 14.1. The maximum atomic E-state index is 12.0. The largest absolute Gasteiger partial charge is 0.378 e. The number of benzene rings is 1. The van der Waals surface area contributed by atoms with Crippen molar-refractivity contribution < 1.29 is 9.59 Å². The lowest BCUT2D eigenvalue weighted by molar-refractivity contribution is -0.129. The summed E-state index contributed by atoms with van der Waals surface area (Å²) in [7, 11) is 3.94. The number of unbranched alkanes of at least 4 members (excludes halogenated alkanes) is 1. The summed E-state index contributed by atoms with van der Waals surface area (Å²) in [4.78, 5) is 27.2. The Balaban J connectivity index is 2.46. The van der Waals surface area contributed by atoms with Gasteiger partial charge in [0.15, 0.2) is 0 Å². The van der Waals surface area contributed by atoms with E-state index in [4.69, 9.17) is 0 Å². The van der Waals surface area contributed by atoms with Gasteiger partial charge in [-0.05, 0) is 30.7 Å². The molecule has 1 N–H and O–H groups in total. The second-order valence-corrected chi connectivity index (χ2v) is 5.60. The Morgan fingerprint density at radius 2 is 1.73 bits per heavy atom. The summed E-state index contributed by atoms with van der Waals surface area (Å²) < 4.78 is 0. The second-order valence-electron chi connectivity index (χ2n) is 5.60. The Labute approximate surface area is 133 Å². The van der Waals surface area contributed by atoms with Gasteiger partial charge >= 0.3 is 0 Å². The lowest BCUT2D eigenvalue weighted by Gasteiger charge is -2.20. The first kappa shape index (κ1) is 18.0. The zero-order chi connectivity index (χ0) is 16.5. The third-order valence-electron chi connectivity index (χ3n) is 3.50. The molecule has 5 nitrogen and oxygen atoms in total. The summed E-state index contributed by atoms with van der Waals surface area (Å²) in [5.74, 6) is -0.0445. The van der Waals surface area contributed by atoms with E-state index in [-0.39, 0.29) is 11.8 Å². The number of carbonyl (C=O) groups excluding carboxylic acids is 2. The van der Waals surface area contributed by atoms with Gasteiger partial charge in [-0.3, -0.25) is 9.59 Å². The smallest absolute Gasteiger partial charge is 0.226 e. The highest BCUT2D eigenvalue weighted by molar-refractivity contribution is 5.91. The fourth-order valence-electron chi connectivity index (χ4n) is 2.08. The third-order valence-corrected chi connectivity index (χ3v) is 3.50. The molecule has 0 heterocycles. The molecule has 22 heavy (non-hydrogen) atoms. The highest BCUT2D eigenvalue weighted by Gasteiger charge is 2.10. The average molecular weight is 305 g/mol. The fraction of sp³-hybridized carbons (Fsp3) is 0.529. The average Bonchev–Trinajstić information content (AvgIpc) is 2.47. The molecule has 0 unspecified atom stereocenters. The number of hydrogen-bond donors (Lipinski definition) is 1. The minimum Gasteiger partial charge on any atom is -0.378 e. The molecule has 0 atom stereocenters. The minimum absolute atomic E-state index is 0.0246. The molecule has 2 amide bonds. The molecular weight excluding hydrogens is 278 g/mol. The molecule has 5 heteroatoms. The van der Waals surface area contributed by atoms with E-state index in [1.54, 1.807) is 11.8 Å². The summed E-state index contributed by atoms with van der Waals surface area (Å²) in [6.45, 7) is 4.82. The van der Waals surface area contributed by atoms with E-state index in [9.17, 15) is 9.59 Å². The fourth-order valence-corrected chi connectivity index (χ4v) is 2.08. The molecule has 0 aliphatic carbocycles. The molecule has 0 saturated heterocycles. The molecule has 0 radical (unpaired) electrons. The number of carbonyl (C=O) groups is 2. The van der Waals surface area contributed by atoms with Crippen LogP contribution in [-0.2, 0) is 9.59 Å². The normalized spacial score (nSPS) is 10.2. The van der Waals surface area contributed by atoms with Crippen LogP contribution in [0.4, 0.5) is 11.4 Å². The van der Waals surface area contributed by atoms with E-state index in [0.717, 1.165) is 30.8 Å². The van der Waals surface area contributed by atoms with Gasteiger partial charge in [0, 0.05) is 51.9 Å². The SMILES string of the molecule is CCCCN(CCC(=O)Nc1ccc(N(C)C)cc1)C(C)=O. The Hall–Kier alpha value is -2.04. The van der Waals surface area contributed by atoms with E-state index >= 15 is 0 Å². The van der Waals surface area contributed by atoms with E-state index in [0.29, 0.717) is 13.0 Å². The first-order valence-electron chi connectivity index (χ1n) is 7.76. The summed E-state index contributed by atoms with van der Waals surface area (Å²) in [6.07, 6.45) is 2.32. The van der Waals surface area contributed by atoms with Gasteiger partial charge in [0.2, 0.25) is 11.8 Å². The van der Waals surface area contributed by atoms with Crippen LogP contribution in [0.2, 0.25) is 0 Å². The van der Waals surface area contributed by atoms with Gasteiger partial charge in [-0.1, -0.05) is 13.3 Å². The van der Waals surface area contributed by atoms with E-state index in [1.807, 2.05) is 43.3 Å². The van der Waals surface area contributed by atoms with Crippen molar-refractivity contribution in [3.8, 4) is 0 Å². The number of hydrogen-bond acceptors (Lipinski definition) is 3. The molecule has 0 aliphatic heterocycles. The number of anilines is 2. The van der Waals surface area contributed by atoms with Crippen molar-refractivity contribution >= 4 is 23.2 Å². The van der Waals surface area contributed by atoms with Gasteiger partial charge < -0.3 is 15.1 Å². The summed E-state index contributed by atoms with van der Waals surface area (Å²) in [5, 5.41) is 2.86. The van der Waals surface area contributed by atoms with E-state index in [1.165, 1.54) is 0 Å². The second kappa shape index (κ2) is 9.07. The number of amides is 2. The van der Waals surface area contributed by atoms with Gasteiger partial charge in [-0.25, -0.2) is 0 Å². The molecule has 122 valence electrons. The van der Waals surface area contributed by atoms with Crippen molar-refractivity contribution in [2.24, 2.45) is 0 Å². The lowest BCUT2D eigenvalue weighted by atomic mass is 10.2. The summed E-state index contributed by atoms with van der Waals surface area (Å²) >= 11 is 0. The maximum Gasteiger partial charge on any atom is 0.226 e. The molecule has 1 rings (SSSR count). The van der Waals surface area contributed by atoms with Crippen molar-refractivity contribution in [3.63, 3.8) is 0 Å².